The average Bonchev–Trinajstić information content (AvgIpc) is 2.46. The molecule has 20 heavy (non-hydrogen) atoms. The van der Waals surface area contributed by atoms with E-state index in [0.717, 1.165) is 11.1 Å². The first-order valence-electron chi connectivity index (χ1n) is 6.71. The molecule has 2 N–H and O–H groups in total. The zero-order valence-electron chi connectivity index (χ0n) is 12.9. The van der Waals surface area contributed by atoms with Gasteiger partial charge in [0, 0.05) is 5.56 Å². The van der Waals surface area contributed by atoms with Gasteiger partial charge in [-0.1, -0.05) is 47.6 Å². The lowest BCUT2D eigenvalue weighted by Crippen LogP contribution is -2.32. The van der Waals surface area contributed by atoms with E-state index in [2.05, 4.69) is 0 Å². The van der Waals surface area contributed by atoms with Crippen molar-refractivity contribution in [3.05, 3.63) is 28.8 Å². The predicted molar refractivity (Wildman–Crippen MR) is 75.6 cm³/mol. The minimum Gasteiger partial charge on any atom is -0.421 e. The molecule has 0 saturated heterocycles. The van der Waals surface area contributed by atoms with Crippen LogP contribution >= 0.6 is 0 Å². The van der Waals surface area contributed by atoms with Crippen molar-refractivity contribution in [1.29, 1.82) is 0 Å². The van der Waals surface area contributed by atoms with E-state index in [1.807, 2.05) is 47.6 Å². The van der Waals surface area contributed by atoms with Crippen LogP contribution in [0.25, 0.3) is 0 Å². The molecular weight excluding hydrogens is 256 g/mol. The largest absolute Gasteiger partial charge is 0.421 e. The Balaban J connectivity index is 2.79. The number of rotatable bonds is 0. The first kappa shape index (κ1) is 15.0. The lowest BCUT2D eigenvalue weighted by Gasteiger charge is -2.27. The zero-order chi connectivity index (χ0) is 15.5. The van der Waals surface area contributed by atoms with E-state index in [1.54, 1.807) is 6.07 Å². The van der Waals surface area contributed by atoms with Crippen LogP contribution in [0.3, 0.4) is 0 Å². The van der Waals surface area contributed by atoms with Gasteiger partial charge in [0.1, 0.15) is 5.75 Å². The second-order valence-corrected chi connectivity index (χ2v) is 7.46. The average molecular weight is 278 g/mol. The lowest BCUT2D eigenvalue weighted by molar-refractivity contribution is -0.196. The van der Waals surface area contributed by atoms with Crippen LogP contribution in [-0.2, 0) is 21.4 Å². The number of fused-ring (bicyclic) bond motifs is 1. The smallest absolute Gasteiger partial charge is 0.377 e. The third kappa shape index (κ3) is 2.23. The minimum absolute atomic E-state index is 0.139. The van der Waals surface area contributed by atoms with Gasteiger partial charge >= 0.3 is 5.97 Å². The fraction of sp³-hybridized carbons (Fsp3) is 0.562. The highest BCUT2D eigenvalue weighted by atomic mass is 16.6. The van der Waals surface area contributed by atoms with Gasteiger partial charge in [0.05, 0.1) is 5.56 Å². The predicted octanol–water partition coefficient (Wildman–Crippen LogP) is 2.34. The number of carbonyl (C=O) groups excluding carboxylic acids is 1. The number of hydrogen-bond acceptors (Lipinski definition) is 4. The Morgan fingerprint density at radius 1 is 1.00 bits per heavy atom. The van der Waals surface area contributed by atoms with Gasteiger partial charge in [-0.25, -0.2) is 4.79 Å². The van der Waals surface area contributed by atoms with Crippen LogP contribution in [0.2, 0.25) is 0 Å². The van der Waals surface area contributed by atoms with E-state index in [4.69, 9.17) is 4.74 Å². The van der Waals surface area contributed by atoms with E-state index >= 15 is 0 Å². The molecule has 0 radical (unpaired) electrons. The van der Waals surface area contributed by atoms with Crippen LogP contribution in [-0.4, -0.2) is 16.2 Å². The third-order valence-electron chi connectivity index (χ3n) is 3.62. The Bertz CT molecular complexity index is 571. The fourth-order valence-electron chi connectivity index (χ4n) is 2.26. The molecular formula is C16H22O4. The molecule has 0 bridgehead atoms. The van der Waals surface area contributed by atoms with E-state index < -0.39 is 11.8 Å². The monoisotopic (exact) mass is 278 g/mol. The SMILES string of the molecule is CC(C)(C)c1cc(C(C)(C)C)c2c(c1)C(O)(O)C(=O)O2. The first-order chi connectivity index (χ1) is 8.85. The standard InChI is InChI=1S/C16H22O4/c1-14(2,3)9-7-10(15(4,5)6)12-11(8-9)16(18,19)13(17)20-12/h7-8,18-19H,1-6H3. The molecule has 1 aromatic carbocycles. The van der Waals surface area contributed by atoms with Crippen LogP contribution in [0.4, 0.5) is 0 Å². The molecule has 0 saturated carbocycles. The summed E-state index contributed by atoms with van der Waals surface area (Å²) in [5.74, 6) is -3.32. The van der Waals surface area contributed by atoms with E-state index in [-0.39, 0.29) is 22.1 Å². The van der Waals surface area contributed by atoms with Crippen molar-refractivity contribution >= 4 is 5.97 Å². The summed E-state index contributed by atoms with van der Waals surface area (Å²) in [4.78, 5) is 11.7. The van der Waals surface area contributed by atoms with Crippen molar-refractivity contribution in [1.82, 2.24) is 0 Å². The summed E-state index contributed by atoms with van der Waals surface area (Å²) in [6, 6.07) is 3.63. The normalized spacial score (nSPS) is 17.9. The van der Waals surface area contributed by atoms with E-state index in [0.29, 0.717) is 0 Å². The van der Waals surface area contributed by atoms with E-state index in [9.17, 15) is 15.0 Å². The quantitative estimate of drug-likeness (QED) is 0.434. The Kier molecular flexibility index (Phi) is 3.04. The van der Waals surface area contributed by atoms with Crippen molar-refractivity contribution < 1.29 is 19.7 Å². The van der Waals surface area contributed by atoms with Gasteiger partial charge in [0.2, 0.25) is 0 Å². The molecule has 4 nitrogen and oxygen atoms in total. The highest BCUT2D eigenvalue weighted by Crippen LogP contribution is 2.45. The number of esters is 1. The van der Waals surface area contributed by atoms with Crippen molar-refractivity contribution in [2.45, 2.75) is 58.2 Å². The topological polar surface area (TPSA) is 66.8 Å². The van der Waals surface area contributed by atoms with Crippen molar-refractivity contribution in [2.75, 3.05) is 0 Å². The highest BCUT2D eigenvalue weighted by Gasteiger charge is 2.49. The maximum atomic E-state index is 11.7. The number of carbonyl (C=O) groups is 1. The molecule has 0 aliphatic carbocycles. The summed E-state index contributed by atoms with van der Waals surface area (Å²) < 4.78 is 5.11. The van der Waals surface area contributed by atoms with Gasteiger partial charge in [-0.15, -0.1) is 0 Å². The molecule has 0 unspecified atom stereocenters. The lowest BCUT2D eigenvalue weighted by atomic mass is 9.78. The molecule has 1 aliphatic heterocycles. The molecule has 0 atom stereocenters. The Labute approximate surface area is 119 Å². The Morgan fingerprint density at radius 3 is 2.00 bits per heavy atom. The zero-order valence-corrected chi connectivity index (χ0v) is 12.9. The molecule has 110 valence electrons. The van der Waals surface area contributed by atoms with Crippen molar-refractivity contribution in [3.8, 4) is 5.75 Å². The molecule has 1 heterocycles. The van der Waals surface area contributed by atoms with Crippen LogP contribution < -0.4 is 4.74 Å². The maximum absolute atomic E-state index is 11.7. The molecule has 2 rings (SSSR count). The molecule has 0 amide bonds. The molecule has 0 aromatic heterocycles. The van der Waals surface area contributed by atoms with Gasteiger partial charge in [0.15, 0.2) is 0 Å². The summed E-state index contributed by atoms with van der Waals surface area (Å²) in [5, 5.41) is 20.0. The van der Waals surface area contributed by atoms with E-state index in [1.165, 1.54) is 0 Å². The minimum atomic E-state index is -2.56. The van der Waals surface area contributed by atoms with Gasteiger partial charge in [0.25, 0.3) is 5.79 Å². The second kappa shape index (κ2) is 4.06. The van der Waals surface area contributed by atoms with Gasteiger partial charge in [-0.3, -0.25) is 0 Å². The summed E-state index contributed by atoms with van der Waals surface area (Å²) >= 11 is 0. The number of hydrogen-bond donors (Lipinski definition) is 2. The summed E-state index contributed by atoms with van der Waals surface area (Å²) in [6.45, 7) is 12.1. The molecule has 4 heteroatoms. The van der Waals surface area contributed by atoms with Gasteiger partial charge < -0.3 is 14.9 Å². The number of aliphatic hydroxyl groups is 2. The van der Waals surface area contributed by atoms with Crippen LogP contribution in [0.1, 0.15) is 58.2 Å². The Hall–Kier alpha value is -1.39. The summed E-state index contributed by atoms with van der Waals surface area (Å²) in [5.41, 5.74) is 1.44. The van der Waals surface area contributed by atoms with Gasteiger partial charge in [-0.2, -0.15) is 0 Å². The fourth-order valence-corrected chi connectivity index (χ4v) is 2.26. The molecule has 0 fully saturated rings. The number of benzene rings is 1. The highest BCUT2D eigenvalue weighted by molar-refractivity contribution is 5.88. The molecule has 1 aromatic rings. The van der Waals surface area contributed by atoms with Crippen molar-refractivity contribution in [3.63, 3.8) is 0 Å². The number of ether oxygens (including phenoxy) is 1. The second-order valence-electron chi connectivity index (χ2n) is 7.46. The van der Waals surface area contributed by atoms with Crippen LogP contribution in [0.15, 0.2) is 12.1 Å². The Morgan fingerprint density at radius 2 is 1.55 bits per heavy atom. The molecule has 1 aliphatic rings. The third-order valence-corrected chi connectivity index (χ3v) is 3.62. The summed E-state index contributed by atoms with van der Waals surface area (Å²) in [6.07, 6.45) is 0. The van der Waals surface area contributed by atoms with Crippen LogP contribution in [0.5, 0.6) is 5.75 Å². The first-order valence-corrected chi connectivity index (χ1v) is 6.71. The summed E-state index contributed by atoms with van der Waals surface area (Å²) in [7, 11) is 0. The van der Waals surface area contributed by atoms with Gasteiger partial charge in [-0.05, 0) is 22.5 Å². The van der Waals surface area contributed by atoms with Crippen molar-refractivity contribution in [2.24, 2.45) is 0 Å². The molecule has 0 spiro atoms. The van der Waals surface area contributed by atoms with Crippen LogP contribution in [0, 0.1) is 0 Å². The maximum Gasteiger partial charge on any atom is 0.377 e.